The van der Waals surface area contributed by atoms with E-state index < -0.39 is 0 Å². The Morgan fingerprint density at radius 1 is 1.47 bits per heavy atom. The van der Waals surface area contributed by atoms with E-state index in [9.17, 15) is 0 Å². The second-order valence-corrected chi connectivity index (χ2v) is 5.43. The lowest BCUT2D eigenvalue weighted by atomic mass is 10.2. The van der Waals surface area contributed by atoms with Crippen LogP contribution in [0.3, 0.4) is 0 Å². The number of thioether (sulfide) groups is 1. The number of nitrogens with one attached hydrogen (secondary N) is 1. The predicted octanol–water partition coefficient (Wildman–Crippen LogP) is 2.97. The van der Waals surface area contributed by atoms with Crippen molar-refractivity contribution in [2.45, 2.75) is 29.5 Å². The maximum absolute atomic E-state index is 6.08. The van der Waals surface area contributed by atoms with Crippen molar-refractivity contribution in [1.82, 2.24) is 10.3 Å². The summed E-state index contributed by atoms with van der Waals surface area (Å²) in [6.45, 7) is 2.21. The molecule has 1 aromatic heterocycles. The Balaban J connectivity index is 1.98. The number of aromatic nitrogens is 1. The first-order valence-electron chi connectivity index (χ1n) is 5.34. The van der Waals surface area contributed by atoms with Gasteiger partial charge in [0.05, 0.1) is 5.02 Å². The molecule has 0 spiro atoms. The van der Waals surface area contributed by atoms with Crippen molar-refractivity contribution in [1.29, 1.82) is 0 Å². The molecule has 15 heavy (non-hydrogen) atoms. The second-order valence-electron chi connectivity index (χ2n) is 3.73. The van der Waals surface area contributed by atoms with Crippen molar-refractivity contribution >= 4 is 23.4 Å². The number of rotatable bonds is 2. The zero-order valence-corrected chi connectivity index (χ0v) is 10.2. The molecule has 1 unspecified atom stereocenters. The zero-order chi connectivity index (χ0) is 10.5. The maximum Gasteiger partial charge on any atom is 0.115 e. The van der Waals surface area contributed by atoms with Gasteiger partial charge in [-0.2, -0.15) is 0 Å². The summed E-state index contributed by atoms with van der Waals surface area (Å²) in [7, 11) is 0. The molecule has 1 aromatic rings. The van der Waals surface area contributed by atoms with Gasteiger partial charge in [0.1, 0.15) is 5.03 Å². The average molecular weight is 243 g/mol. The largest absolute Gasteiger partial charge is 0.316 e. The van der Waals surface area contributed by atoms with Gasteiger partial charge in [0.15, 0.2) is 0 Å². The lowest BCUT2D eigenvalue weighted by molar-refractivity contribution is 0.706. The van der Waals surface area contributed by atoms with Crippen LogP contribution in [0.15, 0.2) is 23.4 Å². The fourth-order valence-electron chi connectivity index (χ4n) is 1.70. The summed E-state index contributed by atoms with van der Waals surface area (Å²) >= 11 is 7.88. The first-order valence-corrected chi connectivity index (χ1v) is 6.60. The van der Waals surface area contributed by atoms with E-state index in [1.165, 1.54) is 19.3 Å². The van der Waals surface area contributed by atoms with Gasteiger partial charge in [0, 0.05) is 18.0 Å². The summed E-state index contributed by atoms with van der Waals surface area (Å²) in [4.78, 5) is 4.31. The topological polar surface area (TPSA) is 24.9 Å². The Bertz CT molecular complexity index is 311. The highest BCUT2D eigenvalue weighted by molar-refractivity contribution is 8.00. The molecule has 0 saturated carbocycles. The van der Waals surface area contributed by atoms with Gasteiger partial charge in [0.25, 0.3) is 0 Å². The fraction of sp³-hybridized carbons (Fsp3) is 0.545. The van der Waals surface area contributed by atoms with Gasteiger partial charge >= 0.3 is 0 Å². The van der Waals surface area contributed by atoms with Gasteiger partial charge in [-0.3, -0.25) is 0 Å². The highest BCUT2D eigenvalue weighted by Crippen LogP contribution is 2.30. The summed E-state index contributed by atoms with van der Waals surface area (Å²) in [6.07, 6.45) is 5.64. The van der Waals surface area contributed by atoms with Crippen LogP contribution in [0.5, 0.6) is 0 Å². The van der Waals surface area contributed by atoms with E-state index >= 15 is 0 Å². The Kier molecular flexibility index (Phi) is 4.29. The number of halogens is 1. The molecule has 1 atom stereocenters. The first kappa shape index (κ1) is 11.2. The summed E-state index contributed by atoms with van der Waals surface area (Å²) in [6, 6.07) is 3.78. The van der Waals surface area contributed by atoms with E-state index in [-0.39, 0.29) is 0 Å². The van der Waals surface area contributed by atoms with Crippen LogP contribution >= 0.6 is 23.4 Å². The van der Waals surface area contributed by atoms with Crippen LogP contribution in [-0.4, -0.2) is 23.3 Å². The molecular formula is C11H15ClN2S. The quantitative estimate of drug-likeness (QED) is 0.863. The minimum Gasteiger partial charge on any atom is -0.316 e. The molecule has 1 fully saturated rings. The summed E-state index contributed by atoms with van der Waals surface area (Å²) in [5.41, 5.74) is 0. The predicted molar refractivity (Wildman–Crippen MR) is 65.6 cm³/mol. The molecule has 82 valence electrons. The molecule has 0 bridgehead atoms. The lowest BCUT2D eigenvalue weighted by Crippen LogP contribution is -2.22. The molecule has 1 saturated heterocycles. The van der Waals surface area contributed by atoms with Crippen LogP contribution in [-0.2, 0) is 0 Å². The van der Waals surface area contributed by atoms with Crippen LogP contribution in [0, 0.1) is 0 Å². The monoisotopic (exact) mass is 242 g/mol. The second kappa shape index (κ2) is 5.73. The van der Waals surface area contributed by atoms with Crippen LogP contribution in [0.2, 0.25) is 5.02 Å². The van der Waals surface area contributed by atoms with Gasteiger partial charge in [-0.15, -0.1) is 11.8 Å². The molecule has 0 radical (unpaired) electrons. The minimum atomic E-state index is 0.611. The van der Waals surface area contributed by atoms with Gasteiger partial charge in [-0.1, -0.05) is 18.0 Å². The standard InChI is InChI=1S/C11H15ClN2S/c12-10-5-3-7-14-11(10)15-9-4-1-2-6-13-8-9/h3,5,7,9,13H,1-2,4,6,8H2. The highest BCUT2D eigenvalue weighted by Gasteiger charge is 2.15. The SMILES string of the molecule is Clc1cccnc1SC1CCCCNC1. The molecule has 2 heterocycles. The van der Waals surface area contributed by atoms with Crippen molar-refractivity contribution in [3.05, 3.63) is 23.4 Å². The molecule has 4 heteroatoms. The number of nitrogens with zero attached hydrogens (tertiary/aromatic N) is 1. The number of pyridine rings is 1. The Hall–Kier alpha value is -0.250. The third-order valence-corrected chi connectivity index (χ3v) is 4.21. The molecule has 1 aliphatic heterocycles. The van der Waals surface area contributed by atoms with Crippen molar-refractivity contribution in [2.24, 2.45) is 0 Å². The molecule has 1 aliphatic rings. The van der Waals surface area contributed by atoms with Crippen LogP contribution in [0.4, 0.5) is 0 Å². The van der Waals surface area contributed by atoms with E-state index in [1.54, 1.807) is 18.0 Å². The van der Waals surface area contributed by atoms with E-state index in [1.807, 2.05) is 12.1 Å². The van der Waals surface area contributed by atoms with E-state index in [4.69, 9.17) is 11.6 Å². The van der Waals surface area contributed by atoms with Gasteiger partial charge in [-0.25, -0.2) is 4.98 Å². The number of hydrogen-bond acceptors (Lipinski definition) is 3. The average Bonchev–Trinajstić information content (AvgIpc) is 2.50. The molecule has 0 amide bonds. The highest BCUT2D eigenvalue weighted by atomic mass is 35.5. The summed E-state index contributed by atoms with van der Waals surface area (Å²) in [5.74, 6) is 0. The van der Waals surface area contributed by atoms with Crippen LogP contribution < -0.4 is 5.32 Å². The van der Waals surface area contributed by atoms with E-state index in [2.05, 4.69) is 10.3 Å². The fourth-order valence-corrected chi connectivity index (χ4v) is 3.06. The smallest absolute Gasteiger partial charge is 0.115 e. The minimum absolute atomic E-state index is 0.611. The summed E-state index contributed by atoms with van der Waals surface area (Å²) in [5, 5.41) is 5.79. The maximum atomic E-state index is 6.08. The third kappa shape index (κ3) is 3.37. The Labute approximate surface area is 99.8 Å². The number of hydrogen-bond donors (Lipinski definition) is 1. The van der Waals surface area contributed by atoms with Crippen molar-refractivity contribution in [3.8, 4) is 0 Å². The third-order valence-electron chi connectivity index (χ3n) is 2.50. The normalized spacial score (nSPS) is 22.3. The Morgan fingerprint density at radius 3 is 3.27 bits per heavy atom. The van der Waals surface area contributed by atoms with E-state index in [0.717, 1.165) is 23.1 Å². The molecular weight excluding hydrogens is 228 g/mol. The molecule has 1 N–H and O–H groups in total. The zero-order valence-electron chi connectivity index (χ0n) is 8.58. The van der Waals surface area contributed by atoms with Gasteiger partial charge < -0.3 is 5.32 Å². The Morgan fingerprint density at radius 2 is 2.40 bits per heavy atom. The van der Waals surface area contributed by atoms with Crippen molar-refractivity contribution in [2.75, 3.05) is 13.1 Å². The van der Waals surface area contributed by atoms with Crippen molar-refractivity contribution in [3.63, 3.8) is 0 Å². The molecule has 0 aliphatic carbocycles. The van der Waals surface area contributed by atoms with Gasteiger partial charge in [0.2, 0.25) is 0 Å². The van der Waals surface area contributed by atoms with Crippen LogP contribution in [0.1, 0.15) is 19.3 Å². The van der Waals surface area contributed by atoms with Gasteiger partial charge in [-0.05, 0) is 31.5 Å². The summed E-state index contributed by atoms with van der Waals surface area (Å²) < 4.78 is 0. The molecule has 2 rings (SSSR count). The molecule has 2 nitrogen and oxygen atoms in total. The van der Waals surface area contributed by atoms with Crippen LogP contribution in [0.25, 0.3) is 0 Å². The van der Waals surface area contributed by atoms with Crippen molar-refractivity contribution < 1.29 is 0 Å². The van der Waals surface area contributed by atoms with E-state index in [0.29, 0.717) is 5.25 Å². The molecule has 0 aromatic carbocycles. The first-order chi connectivity index (χ1) is 7.36. The lowest BCUT2D eigenvalue weighted by Gasteiger charge is -2.13.